The maximum Gasteiger partial charge on any atom is 0.257 e. The lowest BCUT2D eigenvalue weighted by atomic mass is 10.0. The number of nitrogens with one attached hydrogen (secondary N) is 2. The van der Waals surface area contributed by atoms with Crippen LogP contribution in [0.15, 0.2) is 42.5 Å². The molecule has 0 atom stereocenters. The molecule has 0 aliphatic carbocycles. The topological polar surface area (TPSA) is 67.2 Å². The Morgan fingerprint density at radius 2 is 1.83 bits per heavy atom. The maximum atomic E-state index is 12.2. The summed E-state index contributed by atoms with van der Waals surface area (Å²) >= 11 is 11.2. The largest absolute Gasteiger partial charge is 0.399 e. The molecule has 0 aliphatic rings. The van der Waals surface area contributed by atoms with Crippen LogP contribution < -0.4 is 16.4 Å². The van der Waals surface area contributed by atoms with E-state index in [2.05, 4.69) is 24.5 Å². The summed E-state index contributed by atoms with van der Waals surface area (Å²) in [5.74, 6) is 0.145. The molecule has 0 unspecified atom stereocenters. The Hall–Kier alpha value is -2.11. The van der Waals surface area contributed by atoms with Gasteiger partial charge in [-0.2, -0.15) is 0 Å². The van der Waals surface area contributed by atoms with E-state index < -0.39 is 0 Å². The molecule has 0 radical (unpaired) electrons. The van der Waals surface area contributed by atoms with Crippen molar-refractivity contribution < 1.29 is 4.79 Å². The van der Waals surface area contributed by atoms with Crippen molar-refractivity contribution in [3.05, 3.63) is 58.6 Å². The number of hydrogen-bond acceptors (Lipinski definition) is 3. The molecule has 6 heteroatoms. The van der Waals surface area contributed by atoms with Crippen molar-refractivity contribution in [1.29, 1.82) is 0 Å². The van der Waals surface area contributed by atoms with Gasteiger partial charge in [0.15, 0.2) is 5.11 Å². The van der Waals surface area contributed by atoms with Crippen molar-refractivity contribution in [1.82, 2.24) is 5.32 Å². The van der Waals surface area contributed by atoms with Crippen LogP contribution in [-0.2, 0) is 0 Å². The van der Waals surface area contributed by atoms with Gasteiger partial charge in [-0.25, -0.2) is 0 Å². The van der Waals surface area contributed by atoms with Crippen molar-refractivity contribution >= 4 is 46.2 Å². The second-order valence-corrected chi connectivity index (χ2v) is 6.24. The Balaban J connectivity index is 2.00. The van der Waals surface area contributed by atoms with Crippen LogP contribution >= 0.6 is 23.8 Å². The normalized spacial score (nSPS) is 10.4. The molecular formula is C17H18ClN3OS. The molecule has 0 aliphatic heterocycles. The maximum absolute atomic E-state index is 12.2. The average molecular weight is 348 g/mol. The van der Waals surface area contributed by atoms with E-state index in [1.54, 1.807) is 30.3 Å². The van der Waals surface area contributed by atoms with Gasteiger partial charge in [-0.1, -0.05) is 37.6 Å². The van der Waals surface area contributed by atoms with Gasteiger partial charge in [0, 0.05) is 11.3 Å². The van der Waals surface area contributed by atoms with E-state index in [1.165, 1.54) is 5.56 Å². The number of carbonyl (C=O) groups is 1. The standard InChI is InChI=1S/C17H18ClN3OS/c1-10(2)11-3-5-12(6-4-11)16(22)21-17(23)20-15-8-7-13(19)9-14(15)18/h3-10H,19H2,1-2H3,(H2,20,21,22,23). The zero-order valence-corrected chi connectivity index (χ0v) is 14.5. The minimum Gasteiger partial charge on any atom is -0.399 e. The quantitative estimate of drug-likeness (QED) is 0.575. The minimum atomic E-state index is -0.274. The first kappa shape index (κ1) is 17.2. The molecule has 2 aromatic carbocycles. The van der Waals surface area contributed by atoms with Crippen molar-refractivity contribution in [3.63, 3.8) is 0 Å². The predicted octanol–water partition coefficient (Wildman–Crippen LogP) is 4.17. The monoisotopic (exact) mass is 347 g/mol. The summed E-state index contributed by atoms with van der Waals surface area (Å²) in [6.07, 6.45) is 0. The van der Waals surface area contributed by atoms with Crippen LogP contribution in [0.4, 0.5) is 11.4 Å². The molecule has 0 heterocycles. The van der Waals surface area contributed by atoms with Gasteiger partial charge in [0.05, 0.1) is 10.7 Å². The lowest BCUT2D eigenvalue weighted by Gasteiger charge is -2.12. The third-order valence-electron chi connectivity index (χ3n) is 3.31. The SMILES string of the molecule is CC(C)c1ccc(C(=O)NC(=S)Nc2ccc(N)cc2Cl)cc1. The van der Waals surface area contributed by atoms with Crippen LogP contribution in [-0.4, -0.2) is 11.0 Å². The molecule has 0 spiro atoms. The van der Waals surface area contributed by atoms with E-state index in [1.807, 2.05) is 12.1 Å². The van der Waals surface area contributed by atoms with E-state index in [0.29, 0.717) is 27.9 Å². The lowest BCUT2D eigenvalue weighted by Crippen LogP contribution is -2.34. The van der Waals surface area contributed by atoms with Crippen LogP contribution in [0.3, 0.4) is 0 Å². The molecule has 120 valence electrons. The molecule has 1 amide bonds. The highest BCUT2D eigenvalue weighted by Crippen LogP contribution is 2.23. The number of halogens is 1. The fraction of sp³-hybridized carbons (Fsp3) is 0.176. The van der Waals surface area contributed by atoms with Gasteiger partial charge >= 0.3 is 0 Å². The minimum absolute atomic E-state index is 0.176. The summed E-state index contributed by atoms with van der Waals surface area (Å²) in [7, 11) is 0. The highest BCUT2D eigenvalue weighted by Gasteiger charge is 2.10. The summed E-state index contributed by atoms with van der Waals surface area (Å²) in [6.45, 7) is 4.20. The average Bonchev–Trinajstić information content (AvgIpc) is 2.50. The van der Waals surface area contributed by atoms with Gasteiger partial charge in [0.2, 0.25) is 0 Å². The van der Waals surface area contributed by atoms with E-state index >= 15 is 0 Å². The number of benzene rings is 2. The summed E-state index contributed by atoms with van der Waals surface area (Å²) in [6, 6.07) is 12.4. The van der Waals surface area contributed by atoms with Crippen LogP contribution in [0.2, 0.25) is 5.02 Å². The number of anilines is 2. The number of thiocarbonyl (C=S) groups is 1. The number of nitrogens with two attached hydrogens (primary N) is 1. The summed E-state index contributed by atoms with van der Waals surface area (Å²) in [5.41, 5.74) is 8.49. The third-order valence-corrected chi connectivity index (χ3v) is 3.82. The van der Waals surface area contributed by atoms with Crippen molar-refractivity contribution in [2.75, 3.05) is 11.1 Å². The van der Waals surface area contributed by atoms with Crippen LogP contribution in [0.5, 0.6) is 0 Å². The zero-order chi connectivity index (χ0) is 17.0. The van der Waals surface area contributed by atoms with Gasteiger partial charge in [-0.05, 0) is 54.0 Å². The van der Waals surface area contributed by atoms with E-state index in [4.69, 9.17) is 29.6 Å². The summed E-state index contributed by atoms with van der Waals surface area (Å²) < 4.78 is 0. The highest BCUT2D eigenvalue weighted by molar-refractivity contribution is 7.80. The molecule has 0 fully saturated rings. The van der Waals surface area contributed by atoms with Crippen LogP contribution in [0.25, 0.3) is 0 Å². The first-order chi connectivity index (χ1) is 10.9. The van der Waals surface area contributed by atoms with Crippen molar-refractivity contribution in [2.24, 2.45) is 0 Å². The predicted molar refractivity (Wildman–Crippen MR) is 100 cm³/mol. The molecule has 2 aromatic rings. The molecule has 0 saturated carbocycles. The third kappa shape index (κ3) is 4.68. The first-order valence-electron chi connectivity index (χ1n) is 7.14. The number of nitrogen functional groups attached to an aromatic ring is 1. The molecule has 23 heavy (non-hydrogen) atoms. The molecule has 2 rings (SSSR count). The number of rotatable bonds is 3. The Labute approximate surface area is 146 Å². The number of carbonyl (C=O) groups excluding carboxylic acids is 1. The van der Waals surface area contributed by atoms with Gasteiger partial charge in [0.25, 0.3) is 5.91 Å². The lowest BCUT2D eigenvalue weighted by molar-refractivity contribution is 0.0977. The zero-order valence-electron chi connectivity index (χ0n) is 12.9. The summed E-state index contributed by atoms with van der Waals surface area (Å²) in [4.78, 5) is 12.2. The highest BCUT2D eigenvalue weighted by atomic mass is 35.5. The van der Waals surface area contributed by atoms with E-state index in [-0.39, 0.29) is 11.0 Å². The van der Waals surface area contributed by atoms with Gasteiger partial charge in [0.1, 0.15) is 0 Å². The Bertz CT molecular complexity index is 729. The van der Waals surface area contributed by atoms with E-state index in [0.717, 1.165) is 0 Å². The number of hydrogen-bond donors (Lipinski definition) is 3. The first-order valence-corrected chi connectivity index (χ1v) is 7.92. The second-order valence-electron chi connectivity index (χ2n) is 5.42. The molecule has 4 nitrogen and oxygen atoms in total. The molecule has 0 saturated heterocycles. The molecule has 0 aromatic heterocycles. The Morgan fingerprint density at radius 1 is 1.17 bits per heavy atom. The fourth-order valence-corrected chi connectivity index (χ4v) is 2.42. The smallest absolute Gasteiger partial charge is 0.257 e. The Kier molecular flexibility index (Phi) is 5.58. The number of amides is 1. The second kappa shape index (κ2) is 7.44. The summed E-state index contributed by atoms with van der Waals surface area (Å²) in [5, 5.41) is 6.12. The van der Waals surface area contributed by atoms with Crippen LogP contribution in [0, 0.1) is 0 Å². The molecular weight excluding hydrogens is 330 g/mol. The van der Waals surface area contributed by atoms with Crippen molar-refractivity contribution in [3.8, 4) is 0 Å². The fourth-order valence-electron chi connectivity index (χ4n) is 1.98. The molecule has 0 bridgehead atoms. The van der Waals surface area contributed by atoms with Crippen molar-refractivity contribution in [2.45, 2.75) is 19.8 Å². The van der Waals surface area contributed by atoms with E-state index in [9.17, 15) is 4.79 Å². The molecule has 4 N–H and O–H groups in total. The van der Waals surface area contributed by atoms with Crippen LogP contribution in [0.1, 0.15) is 35.7 Å². The van der Waals surface area contributed by atoms with Gasteiger partial charge in [-0.15, -0.1) is 0 Å². The van der Waals surface area contributed by atoms with Gasteiger partial charge < -0.3 is 11.1 Å². The Morgan fingerprint density at radius 3 is 2.39 bits per heavy atom. The van der Waals surface area contributed by atoms with Gasteiger partial charge in [-0.3, -0.25) is 10.1 Å².